The van der Waals surface area contributed by atoms with E-state index in [4.69, 9.17) is 5.73 Å². The Bertz CT molecular complexity index is 211. The minimum absolute atomic E-state index is 0.0944. The fourth-order valence-corrected chi connectivity index (χ4v) is 2.13. The van der Waals surface area contributed by atoms with Crippen molar-refractivity contribution in [3.63, 3.8) is 0 Å². The van der Waals surface area contributed by atoms with Gasteiger partial charge in [-0.1, -0.05) is 19.3 Å². The molecule has 0 heterocycles. The van der Waals surface area contributed by atoms with Gasteiger partial charge < -0.3 is 16.2 Å². The molecule has 0 aromatic heterocycles. The molecule has 0 aliphatic heterocycles. The molecule has 88 valence electrons. The van der Waals surface area contributed by atoms with Crippen LogP contribution in [0.1, 0.15) is 39.0 Å². The summed E-state index contributed by atoms with van der Waals surface area (Å²) in [5.74, 6) is -0.131. The molecule has 1 aliphatic carbocycles. The molecule has 15 heavy (non-hydrogen) atoms. The van der Waals surface area contributed by atoms with Crippen molar-refractivity contribution in [2.45, 2.75) is 45.1 Å². The van der Waals surface area contributed by atoms with E-state index >= 15 is 0 Å². The zero-order valence-electron chi connectivity index (χ0n) is 9.46. The molecule has 1 fully saturated rings. The fourth-order valence-electron chi connectivity index (χ4n) is 2.13. The summed E-state index contributed by atoms with van der Waals surface area (Å²) in [7, 11) is 0. The third-order valence-corrected chi connectivity index (χ3v) is 3.30. The Morgan fingerprint density at radius 2 is 2.07 bits per heavy atom. The van der Waals surface area contributed by atoms with Gasteiger partial charge in [0.05, 0.1) is 12.6 Å². The topological polar surface area (TPSA) is 75.4 Å². The highest BCUT2D eigenvalue weighted by atomic mass is 16.3. The molecule has 0 spiro atoms. The molecule has 1 aliphatic rings. The molecule has 4 N–H and O–H groups in total. The summed E-state index contributed by atoms with van der Waals surface area (Å²) >= 11 is 0. The van der Waals surface area contributed by atoms with Crippen LogP contribution in [-0.2, 0) is 4.79 Å². The zero-order valence-corrected chi connectivity index (χ0v) is 9.46. The summed E-state index contributed by atoms with van der Waals surface area (Å²) in [6.45, 7) is 2.39. The van der Waals surface area contributed by atoms with E-state index in [1.165, 1.54) is 6.42 Å². The molecule has 1 atom stereocenters. The van der Waals surface area contributed by atoms with E-state index in [9.17, 15) is 9.90 Å². The largest absolute Gasteiger partial charge is 0.396 e. The minimum atomic E-state index is -0.468. The number of nitrogens with one attached hydrogen (secondary N) is 1. The number of carbonyl (C=O) groups excluding carboxylic acids is 1. The number of rotatable bonds is 4. The molecule has 4 heteroatoms. The Kier molecular flexibility index (Phi) is 4.54. The van der Waals surface area contributed by atoms with Crippen molar-refractivity contribution in [2.75, 3.05) is 13.2 Å². The van der Waals surface area contributed by atoms with Crippen LogP contribution in [-0.4, -0.2) is 30.2 Å². The van der Waals surface area contributed by atoms with E-state index in [-0.39, 0.29) is 17.9 Å². The number of hydrogen-bond acceptors (Lipinski definition) is 3. The second-order valence-corrected chi connectivity index (χ2v) is 4.73. The number of aliphatic hydroxyl groups excluding tert-OH is 1. The average Bonchev–Trinajstić information content (AvgIpc) is 2.27. The van der Waals surface area contributed by atoms with Crippen LogP contribution in [0.25, 0.3) is 0 Å². The number of nitrogens with two attached hydrogens (primary N) is 1. The first kappa shape index (κ1) is 12.5. The molecule has 0 unspecified atom stereocenters. The van der Waals surface area contributed by atoms with Crippen LogP contribution in [0.5, 0.6) is 0 Å². The SMILES string of the molecule is C[C@H](N)C(=O)NCC1(CO)CCCCC1. The third kappa shape index (κ3) is 3.47. The molecule has 1 amide bonds. The lowest BCUT2D eigenvalue weighted by molar-refractivity contribution is -0.122. The lowest BCUT2D eigenvalue weighted by Crippen LogP contribution is -2.46. The van der Waals surface area contributed by atoms with Gasteiger partial charge in [0, 0.05) is 12.0 Å². The number of hydrogen-bond donors (Lipinski definition) is 3. The summed E-state index contributed by atoms with van der Waals surface area (Å²) in [5, 5.41) is 12.2. The van der Waals surface area contributed by atoms with Gasteiger partial charge in [-0.2, -0.15) is 0 Å². The van der Waals surface area contributed by atoms with Crippen molar-refractivity contribution in [3.8, 4) is 0 Å². The Morgan fingerprint density at radius 3 is 2.53 bits per heavy atom. The van der Waals surface area contributed by atoms with Gasteiger partial charge >= 0.3 is 0 Å². The molecule has 0 saturated heterocycles. The smallest absolute Gasteiger partial charge is 0.236 e. The first-order valence-electron chi connectivity index (χ1n) is 5.74. The van der Waals surface area contributed by atoms with Crippen molar-refractivity contribution in [1.29, 1.82) is 0 Å². The van der Waals surface area contributed by atoms with E-state index in [1.54, 1.807) is 6.92 Å². The Balaban J connectivity index is 2.42. The monoisotopic (exact) mass is 214 g/mol. The van der Waals surface area contributed by atoms with Crippen molar-refractivity contribution < 1.29 is 9.90 Å². The predicted molar refractivity (Wildman–Crippen MR) is 59.3 cm³/mol. The molecular weight excluding hydrogens is 192 g/mol. The molecule has 1 rings (SSSR count). The average molecular weight is 214 g/mol. The van der Waals surface area contributed by atoms with Crippen molar-refractivity contribution in [2.24, 2.45) is 11.1 Å². The normalized spacial score (nSPS) is 22.1. The quantitative estimate of drug-likeness (QED) is 0.634. The van der Waals surface area contributed by atoms with Gasteiger partial charge in [-0.3, -0.25) is 4.79 Å². The second-order valence-electron chi connectivity index (χ2n) is 4.73. The van der Waals surface area contributed by atoms with Crippen molar-refractivity contribution in [1.82, 2.24) is 5.32 Å². The number of aliphatic hydroxyl groups is 1. The van der Waals surface area contributed by atoms with E-state index in [0.717, 1.165) is 25.7 Å². The summed E-state index contributed by atoms with van der Waals surface area (Å²) in [6.07, 6.45) is 5.54. The van der Waals surface area contributed by atoms with Gasteiger partial charge in [0.1, 0.15) is 0 Å². The van der Waals surface area contributed by atoms with E-state index in [0.29, 0.717) is 6.54 Å². The second kappa shape index (κ2) is 5.47. The summed E-state index contributed by atoms with van der Waals surface area (Å²) < 4.78 is 0. The van der Waals surface area contributed by atoms with Gasteiger partial charge in [-0.05, 0) is 19.8 Å². The molecular formula is C11H22N2O2. The lowest BCUT2D eigenvalue weighted by atomic mass is 9.74. The number of carbonyl (C=O) groups is 1. The Labute approximate surface area is 91.2 Å². The van der Waals surface area contributed by atoms with Crippen LogP contribution in [0, 0.1) is 5.41 Å². The van der Waals surface area contributed by atoms with E-state index in [2.05, 4.69) is 5.32 Å². The zero-order chi connectivity index (χ0) is 11.3. The minimum Gasteiger partial charge on any atom is -0.396 e. The summed E-state index contributed by atoms with van der Waals surface area (Å²) in [4.78, 5) is 11.3. The van der Waals surface area contributed by atoms with Gasteiger partial charge in [-0.25, -0.2) is 0 Å². The molecule has 0 aromatic rings. The van der Waals surface area contributed by atoms with Crippen LogP contribution in [0.15, 0.2) is 0 Å². The predicted octanol–water partition coefficient (Wildman–Crippen LogP) is 0.393. The molecule has 0 bridgehead atoms. The maximum absolute atomic E-state index is 11.3. The third-order valence-electron chi connectivity index (χ3n) is 3.30. The van der Waals surface area contributed by atoms with Crippen LogP contribution in [0.3, 0.4) is 0 Å². The van der Waals surface area contributed by atoms with Gasteiger partial charge in [0.25, 0.3) is 0 Å². The van der Waals surface area contributed by atoms with Gasteiger partial charge in [-0.15, -0.1) is 0 Å². The highest BCUT2D eigenvalue weighted by molar-refractivity contribution is 5.80. The van der Waals surface area contributed by atoms with Crippen molar-refractivity contribution in [3.05, 3.63) is 0 Å². The van der Waals surface area contributed by atoms with Crippen LogP contribution < -0.4 is 11.1 Å². The maximum atomic E-state index is 11.3. The maximum Gasteiger partial charge on any atom is 0.236 e. The van der Waals surface area contributed by atoms with Crippen LogP contribution >= 0.6 is 0 Å². The first-order valence-corrected chi connectivity index (χ1v) is 5.74. The van der Waals surface area contributed by atoms with Crippen LogP contribution in [0.2, 0.25) is 0 Å². The highest BCUT2D eigenvalue weighted by Crippen LogP contribution is 2.35. The standard InChI is InChI=1S/C11H22N2O2/c1-9(12)10(15)13-7-11(8-14)5-3-2-4-6-11/h9,14H,2-8,12H2,1H3,(H,13,15)/t9-/m0/s1. The molecule has 1 saturated carbocycles. The number of amides is 1. The Morgan fingerprint density at radius 1 is 1.47 bits per heavy atom. The van der Waals surface area contributed by atoms with Gasteiger partial charge in [0.2, 0.25) is 5.91 Å². The first-order chi connectivity index (χ1) is 7.09. The molecule has 0 aromatic carbocycles. The fraction of sp³-hybridized carbons (Fsp3) is 0.909. The highest BCUT2D eigenvalue weighted by Gasteiger charge is 2.31. The van der Waals surface area contributed by atoms with Crippen LogP contribution in [0.4, 0.5) is 0 Å². The Hall–Kier alpha value is -0.610. The van der Waals surface area contributed by atoms with Gasteiger partial charge in [0.15, 0.2) is 0 Å². The summed E-state index contributed by atoms with van der Waals surface area (Å²) in [6, 6.07) is -0.468. The van der Waals surface area contributed by atoms with E-state index < -0.39 is 6.04 Å². The summed E-state index contributed by atoms with van der Waals surface area (Å²) in [5.41, 5.74) is 5.37. The van der Waals surface area contributed by atoms with Crippen molar-refractivity contribution >= 4 is 5.91 Å². The lowest BCUT2D eigenvalue weighted by Gasteiger charge is -2.35. The molecule has 4 nitrogen and oxygen atoms in total. The van der Waals surface area contributed by atoms with E-state index in [1.807, 2.05) is 0 Å². The molecule has 0 radical (unpaired) electrons.